The number of H-pyrrole nitrogens is 1. The lowest BCUT2D eigenvalue weighted by atomic mass is 9.82. The van der Waals surface area contributed by atoms with Crippen LogP contribution >= 0.6 is 23.1 Å². The molecule has 2 aliphatic rings. The Bertz CT molecular complexity index is 1690. The van der Waals surface area contributed by atoms with Crippen LogP contribution in [0.1, 0.15) is 44.8 Å². The number of anilines is 1. The number of carbonyl (C=O) groups is 3. The molecule has 0 aliphatic carbocycles. The van der Waals surface area contributed by atoms with Crippen LogP contribution in [0.2, 0.25) is 0 Å². The zero-order valence-electron chi connectivity index (χ0n) is 22.3. The minimum absolute atomic E-state index is 0.239. The van der Waals surface area contributed by atoms with Crippen LogP contribution in [0.5, 0.6) is 5.75 Å². The number of rotatable bonds is 7. The lowest BCUT2D eigenvalue weighted by molar-refractivity contribution is -0.122. The van der Waals surface area contributed by atoms with E-state index in [1.165, 1.54) is 16.7 Å². The molecule has 2 amide bonds. The maximum atomic E-state index is 14.1. The number of fused-ring (bicyclic) bond motifs is 2. The van der Waals surface area contributed by atoms with E-state index in [0.29, 0.717) is 33.5 Å². The number of hydrogen-bond acceptors (Lipinski definition) is 8. The van der Waals surface area contributed by atoms with Crippen molar-refractivity contribution in [1.82, 2.24) is 4.98 Å². The second kappa shape index (κ2) is 11.0. The van der Waals surface area contributed by atoms with Crippen LogP contribution in [0.3, 0.4) is 0 Å². The van der Waals surface area contributed by atoms with Crippen LogP contribution in [0.25, 0.3) is 0 Å². The van der Waals surface area contributed by atoms with Crippen LogP contribution in [0.4, 0.5) is 5.69 Å². The first kappa shape index (κ1) is 27.0. The molecule has 2 aliphatic heterocycles. The number of aromatic nitrogens is 1. The summed E-state index contributed by atoms with van der Waals surface area (Å²) < 4.78 is 11.3. The van der Waals surface area contributed by atoms with Gasteiger partial charge in [-0.05, 0) is 49.7 Å². The van der Waals surface area contributed by atoms with Gasteiger partial charge in [0.15, 0.2) is 0 Å². The van der Waals surface area contributed by atoms with E-state index in [4.69, 9.17) is 9.47 Å². The average molecular weight is 587 g/mol. The number of carbonyl (C=O) groups excluding carboxylic acids is 3. The predicted molar refractivity (Wildman–Crippen MR) is 157 cm³/mol. The summed E-state index contributed by atoms with van der Waals surface area (Å²) in [6, 6.07) is 21.8. The van der Waals surface area contributed by atoms with E-state index in [1.807, 2.05) is 55.5 Å². The maximum Gasteiger partial charge on any atom is 0.338 e. The topological polar surface area (TPSA) is 106 Å². The number of aryl methyl sites for hydroxylation is 1. The first-order chi connectivity index (χ1) is 19.9. The number of aromatic amines is 1. The van der Waals surface area contributed by atoms with Gasteiger partial charge in [-0.2, -0.15) is 0 Å². The fraction of sp³-hybridized carbons (Fsp3) is 0.226. The highest BCUT2D eigenvalue weighted by Crippen LogP contribution is 2.54. The Labute approximate surface area is 244 Å². The number of esters is 1. The van der Waals surface area contributed by atoms with Crippen molar-refractivity contribution in [2.45, 2.75) is 36.6 Å². The Balaban J connectivity index is 1.37. The Morgan fingerprint density at radius 2 is 1.68 bits per heavy atom. The highest BCUT2D eigenvalue weighted by Gasteiger charge is 2.56. The van der Waals surface area contributed by atoms with Crippen molar-refractivity contribution >= 4 is 46.6 Å². The molecular formula is C31H26N2O6S2. The fourth-order valence-electron chi connectivity index (χ4n) is 5.28. The molecule has 1 fully saturated rings. The molecule has 3 atom stereocenters. The highest BCUT2D eigenvalue weighted by molar-refractivity contribution is 8.00. The third-order valence-electron chi connectivity index (χ3n) is 7.23. The third kappa shape index (κ3) is 4.98. The number of benzene rings is 3. The van der Waals surface area contributed by atoms with Gasteiger partial charge in [0.2, 0.25) is 11.8 Å². The number of nitrogens with one attached hydrogen (secondary N) is 1. The molecule has 0 bridgehead atoms. The SMILES string of the molecule is CCOC(=O)c1ccc(N2C(=O)C3Sc4[nH]c(=O)sc4[C@H](c4ccccc4OCc4ccc(C)cc4)C3C2=O)cc1. The second-order valence-electron chi connectivity index (χ2n) is 9.84. The predicted octanol–water partition coefficient (Wildman–Crippen LogP) is 5.30. The zero-order valence-corrected chi connectivity index (χ0v) is 23.9. The molecule has 0 saturated carbocycles. The smallest absolute Gasteiger partial charge is 0.338 e. The molecule has 41 heavy (non-hydrogen) atoms. The third-order valence-corrected chi connectivity index (χ3v) is 9.63. The van der Waals surface area contributed by atoms with Crippen molar-refractivity contribution in [1.29, 1.82) is 0 Å². The standard InChI is InChI=1S/C31H26N2O6S2/c1-3-38-30(36)19-12-14-20(15-13-19)33-28(34)24-23(25-27(32-31(37)41-25)40-26(24)29(33)35)21-6-4-5-7-22(21)39-16-18-10-8-17(2)9-11-18/h4-15,23-24,26H,3,16H2,1-2H3,(H,32,37)/t23-,24?,26?/m1/s1. The molecule has 1 N–H and O–H groups in total. The first-order valence-electron chi connectivity index (χ1n) is 13.2. The lowest BCUT2D eigenvalue weighted by Crippen LogP contribution is -2.32. The lowest BCUT2D eigenvalue weighted by Gasteiger charge is -2.30. The summed E-state index contributed by atoms with van der Waals surface area (Å²) in [6.07, 6.45) is 0. The van der Waals surface area contributed by atoms with Gasteiger partial charge in [-0.25, -0.2) is 9.69 Å². The van der Waals surface area contributed by atoms with Gasteiger partial charge in [0, 0.05) is 16.4 Å². The van der Waals surface area contributed by atoms with E-state index in [0.717, 1.165) is 28.0 Å². The minimum atomic E-state index is -0.750. The summed E-state index contributed by atoms with van der Waals surface area (Å²) in [5.74, 6) is -1.92. The first-order valence-corrected chi connectivity index (χ1v) is 14.9. The molecule has 208 valence electrons. The number of ether oxygens (including phenoxy) is 2. The summed E-state index contributed by atoms with van der Waals surface area (Å²) in [7, 11) is 0. The van der Waals surface area contributed by atoms with E-state index < -0.39 is 23.1 Å². The number of thiazole rings is 1. The molecule has 10 heteroatoms. The molecule has 6 rings (SSSR count). The minimum Gasteiger partial charge on any atom is -0.489 e. The Hall–Kier alpha value is -4.15. The molecule has 0 radical (unpaired) electrons. The number of imide groups is 1. The Morgan fingerprint density at radius 3 is 2.41 bits per heavy atom. The van der Waals surface area contributed by atoms with Gasteiger partial charge in [0.25, 0.3) is 0 Å². The average Bonchev–Trinajstić information content (AvgIpc) is 3.47. The molecule has 1 saturated heterocycles. The number of hydrogen-bond donors (Lipinski definition) is 1. The van der Waals surface area contributed by atoms with Crippen LogP contribution in [0, 0.1) is 12.8 Å². The fourth-order valence-corrected chi connectivity index (χ4v) is 7.79. The normalized spacial score (nSPS) is 19.6. The van der Waals surface area contributed by atoms with Crippen LogP contribution in [0.15, 0.2) is 82.6 Å². The second-order valence-corrected chi connectivity index (χ2v) is 12.0. The molecular weight excluding hydrogens is 560 g/mol. The van der Waals surface area contributed by atoms with E-state index in [1.54, 1.807) is 31.2 Å². The van der Waals surface area contributed by atoms with Crippen molar-refractivity contribution in [2.75, 3.05) is 11.5 Å². The van der Waals surface area contributed by atoms with Crippen LogP contribution in [-0.4, -0.2) is 34.6 Å². The Kier molecular flexibility index (Phi) is 7.27. The highest BCUT2D eigenvalue weighted by atomic mass is 32.2. The molecule has 0 spiro atoms. The number of para-hydroxylation sites is 1. The quantitative estimate of drug-likeness (QED) is 0.232. The summed E-state index contributed by atoms with van der Waals surface area (Å²) in [5.41, 5.74) is 3.60. The van der Waals surface area contributed by atoms with Gasteiger partial charge in [-0.15, -0.1) is 0 Å². The molecule has 3 aromatic carbocycles. The molecule has 1 aromatic heterocycles. The molecule has 4 aromatic rings. The van der Waals surface area contributed by atoms with Gasteiger partial charge in [-0.1, -0.05) is 71.1 Å². The van der Waals surface area contributed by atoms with Crippen LogP contribution in [-0.2, 0) is 20.9 Å². The van der Waals surface area contributed by atoms with Gasteiger partial charge < -0.3 is 14.5 Å². The number of thioether (sulfide) groups is 1. The summed E-state index contributed by atoms with van der Waals surface area (Å²) in [4.78, 5) is 56.9. The van der Waals surface area contributed by atoms with E-state index >= 15 is 0 Å². The number of amides is 2. The number of nitrogens with zero attached hydrogens (tertiary/aromatic N) is 1. The summed E-state index contributed by atoms with van der Waals surface area (Å²) in [6.45, 7) is 4.32. The van der Waals surface area contributed by atoms with Gasteiger partial charge >= 0.3 is 10.8 Å². The van der Waals surface area contributed by atoms with Gasteiger partial charge in [-0.3, -0.25) is 14.4 Å². The van der Waals surface area contributed by atoms with Crippen molar-refractivity contribution in [3.8, 4) is 5.75 Å². The monoisotopic (exact) mass is 586 g/mol. The van der Waals surface area contributed by atoms with Crippen molar-refractivity contribution in [3.05, 3.63) is 110 Å². The van der Waals surface area contributed by atoms with E-state index in [9.17, 15) is 19.2 Å². The van der Waals surface area contributed by atoms with Crippen molar-refractivity contribution in [3.63, 3.8) is 0 Å². The van der Waals surface area contributed by atoms with Crippen molar-refractivity contribution < 1.29 is 23.9 Å². The maximum absolute atomic E-state index is 14.1. The zero-order chi connectivity index (χ0) is 28.7. The molecule has 3 heterocycles. The Morgan fingerprint density at radius 1 is 0.951 bits per heavy atom. The van der Waals surface area contributed by atoms with Crippen molar-refractivity contribution in [2.24, 2.45) is 5.92 Å². The summed E-state index contributed by atoms with van der Waals surface area (Å²) >= 11 is 2.27. The van der Waals surface area contributed by atoms with Gasteiger partial charge in [0.1, 0.15) is 17.6 Å². The van der Waals surface area contributed by atoms with Gasteiger partial charge in [0.05, 0.1) is 28.8 Å². The summed E-state index contributed by atoms with van der Waals surface area (Å²) in [5, 5.41) is -0.139. The molecule has 2 unspecified atom stereocenters. The largest absolute Gasteiger partial charge is 0.489 e. The van der Waals surface area contributed by atoms with E-state index in [2.05, 4.69) is 4.98 Å². The van der Waals surface area contributed by atoms with E-state index in [-0.39, 0.29) is 23.3 Å². The van der Waals surface area contributed by atoms with Crippen LogP contribution < -0.4 is 14.5 Å². The molecule has 8 nitrogen and oxygen atoms in total.